The molecule has 22 heavy (non-hydrogen) atoms. The van der Waals surface area contributed by atoms with Crippen LogP contribution < -0.4 is 0 Å². The van der Waals surface area contributed by atoms with E-state index in [-0.39, 0.29) is 11.1 Å². The number of benzene rings is 2. The molecule has 0 unspecified atom stereocenters. The Kier molecular flexibility index (Phi) is 4.33. The molecule has 0 aromatic heterocycles. The van der Waals surface area contributed by atoms with Gasteiger partial charge >= 0.3 is 131 Å². The zero-order chi connectivity index (χ0) is 15.6. The van der Waals surface area contributed by atoms with Gasteiger partial charge in [-0.3, -0.25) is 0 Å². The third-order valence-electron chi connectivity index (χ3n) is 5.04. The molecule has 0 radical (unpaired) electrons. The van der Waals surface area contributed by atoms with Gasteiger partial charge in [-0.15, -0.1) is 0 Å². The topological polar surface area (TPSA) is 60.7 Å². The molecule has 0 aliphatic heterocycles. The summed E-state index contributed by atoms with van der Waals surface area (Å²) >= 11 is 0. The predicted molar refractivity (Wildman–Crippen MR) is 90.9 cm³/mol. The molecule has 2 aromatic carbocycles. The van der Waals surface area contributed by atoms with E-state index in [1.165, 1.54) is 11.1 Å². The van der Waals surface area contributed by atoms with E-state index in [0.717, 1.165) is 12.8 Å². The summed E-state index contributed by atoms with van der Waals surface area (Å²) in [7, 11) is -4.02. The van der Waals surface area contributed by atoms with Crippen molar-refractivity contribution in [3.63, 3.8) is 0 Å². The van der Waals surface area contributed by atoms with Gasteiger partial charge in [0.05, 0.1) is 0 Å². The van der Waals surface area contributed by atoms with Crippen LogP contribution in [-0.2, 0) is 5.41 Å². The third kappa shape index (κ3) is 2.95. The van der Waals surface area contributed by atoms with E-state index in [9.17, 15) is 14.7 Å². The first-order chi connectivity index (χ1) is 10.5. The molecule has 3 nitrogen and oxygen atoms in total. The summed E-state index contributed by atoms with van der Waals surface area (Å²) in [6.45, 7) is 0. The molecule has 1 aliphatic carbocycles. The first kappa shape index (κ1) is 15.6. The second-order valence-corrected chi connectivity index (χ2v) is 8.47. The van der Waals surface area contributed by atoms with E-state index < -0.39 is 7.94 Å². The summed E-state index contributed by atoms with van der Waals surface area (Å²) in [6.07, 6.45) is 2.92. The molecule has 1 saturated carbocycles. The van der Waals surface area contributed by atoms with Crippen LogP contribution in [-0.4, -0.2) is 20.3 Å². The first-order valence-electron chi connectivity index (χ1n) is 7.80. The SMILES string of the molecule is O[PH](O)(O)C1CCC(c2ccccc2)(c2ccccc2)CC1. The molecule has 0 atom stereocenters. The fourth-order valence-electron chi connectivity index (χ4n) is 3.76. The van der Waals surface area contributed by atoms with Gasteiger partial charge in [0.15, 0.2) is 0 Å². The zero-order valence-electron chi connectivity index (χ0n) is 12.5. The Labute approximate surface area is 131 Å². The second kappa shape index (κ2) is 6.10. The quantitative estimate of drug-likeness (QED) is 0.760. The molecule has 0 heterocycles. The van der Waals surface area contributed by atoms with E-state index in [4.69, 9.17) is 0 Å². The van der Waals surface area contributed by atoms with Gasteiger partial charge in [0.2, 0.25) is 0 Å². The van der Waals surface area contributed by atoms with Crippen molar-refractivity contribution in [2.24, 2.45) is 0 Å². The van der Waals surface area contributed by atoms with Crippen LogP contribution in [0.5, 0.6) is 0 Å². The zero-order valence-corrected chi connectivity index (χ0v) is 13.5. The maximum absolute atomic E-state index is 9.60. The van der Waals surface area contributed by atoms with Crippen LogP contribution in [0.1, 0.15) is 36.8 Å². The molecular formula is C18H23O3P. The monoisotopic (exact) mass is 318 g/mol. The Bertz CT molecular complexity index is 558. The summed E-state index contributed by atoms with van der Waals surface area (Å²) in [5.41, 5.74) is 2.08. The molecule has 0 saturated heterocycles. The van der Waals surface area contributed by atoms with Crippen molar-refractivity contribution in [3.8, 4) is 0 Å². The number of hydrogen-bond acceptors (Lipinski definition) is 3. The van der Waals surface area contributed by atoms with Crippen LogP contribution >= 0.6 is 7.94 Å². The van der Waals surface area contributed by atoms with E-state index in [1.54, 1.807) is 0 Å². The van der Waals surface area contributed by atoms with Crippen molar-refractivity contribution in [1.29, 1.82) is 0 Å². The van der Waals surface area contributed by atoms with Crippen LogP contribution in [0.3, 0.4) is 0 Å². The van der Waals surface area contributed by atoms with Crippen molar-refractivity contribution in [2.75, 3.05) is 0 Å². The Balaban J connectivity index is 1.97. The maximum atomic E-state index is 9.60. The van der Waals surface area contributed by atoms with Crippen molar-refractivity contribution < 1.29 is 14.7 Å². The Morgan fingerprint density at radius 2 is 1.14 bits per heavy atom. The molecule has 1 aliphatic rings. The predicted octanol–water partition coefficient (Wildman–Crippen LogP) is 3.39. The molecule has 0 amide bonds. The van der Waals surface area contributed by atoms with Gasteiger partial charge in [0.1, 0.15) is 0 Å². The van der Waals surface area contributed by atoms with Gasteiger partial charge in [-0.2, -0.15) is 0 Å². The van der Waals surface area contributed by atoms with Gasteiger partial charge in [0, 0.05) is 0 Å². The minimum absolute atomic E-state index is 0.0985. The van der Waals surface area contributed by atoms with Crippen molar-refractivity contribution in [1.82, 2.24) is 0 Å². The molecule has 0 bridgehead atoms. The van der Waals surface area contributed by atoms with Crippen molar-refractivity contribution in [2.45, 2.75) is 36.8 Å². The second-order valence-electron chi connectivity index (χ2n) is 6.28. The summed E-state index contributed by atoms with van der Waals surface area (Å²) in [4.78, 5) is 28.8. The standard InChI is InChI=1S/C18H23O3P/c19-22(20,21)17-11-13-18(14-12-17,15-7-3-1-4-8-15)16-9-5-2-6-10-16/h1-10,17,19-22H,11-14H2. The average Bonchev–Trinajstić information content (AvgIpc) is 2.56. The molecule has 3 N–H and O–H groups in total. The van der Waals surface area contributed by atoms with E-state index >= 15 is 0 Å². The minimum atomic E-state index is -4.02. The van der Waals surface area contributed by atoms with Gasteiger partial charge in [-0.1, -0.05) is 0 Å². The molecule has 3 rings (SSSR count). The van der Waals surface area contributed by atoms with Crippen molar-refractivity contribution >= 4 is 7.94 Å². The summed E-state index contributed by atoms with van der Waals surface area (Å²) < 4.78 is 0. The molecule has 118 valence electrons. The van der Waals surface area contributed by atoms with Crippen LogP contribution in [0.15, 0.2) is 60.7 Å². The van der Waals surface area contributed by atoms with E-state index in [1.807, 2.05) is 12.1 Å². The fourth-order valence-corrected chi connectivity index (χ4v) is 4.82. The van der Waals surface area contributed by atoms with Crippen molar-refractivity contribution in [3.05, 3.63) is 71.8 Å². The fraction of sp³-hybridized carbons (Fsp3) is 0.333. The van der Waals surface area contributed by atoms with Gasteiger partial charge in [0.25, 0.3) is 0 Å². The average molecular weight is 318 g/mol. The molecular weight excluding hydrogens is 295 g/mol. The molecule has 0 spiro atoms. The van der Waals surface area contributed by atoms with Crippen LogP contribution in [0, 0.1) is 0 Å². The van der Waals surface area contributed by atoms with E-state index in [2.05, 4.69) is 48.5 Å². The van der Waals surface area contributed by atoms with Gasteiger partial charge in [-0.25, -0.2) is 0 Å². The van der Waals surface area contributed by atoms with Gasteiger partial charge < -0.3 is 0 Å². The molecule has 4 heteroatoms. The molecule has 1 fully saturated rings. The summed E-state index contributed by atoms with van der Waals surface area (Å²) in [6, 6.07) is 20.8. The summed E-state index contributed by atoms with van der Waals surface area (Å²) in [5, 5.41) is 0. The van der Waals surface area contributed by atoms with E-state index in [0.29, 0.717) is 12.8 Å². The van der Waals surface area contributed by atoms with Crippen LogP contribution in [0.4, 0.5) is 0 Å². The molecule has 2 aromatic rings. The van der Waals surface area contributed by atoms with Gasteiger partial charge in [-0.05, 0) is 0 Å². The first-order valence-corrected chi connectivity index (χ1v) is 9.72. The Morgan fingerprint density at radius 1 is 0.727 bits per heavy atom. The third-order valence-corrected chi connectivity index (χ3v) is 6.71. The Morgan fingerprint density at radius 3 is 1.50 bits per heavy atom. The van der Waals surface area contributed by atoms with Crippen LogP contribution in [0.25, 0.3) is 0 Å². The Hall–Kier alpha value is -1.25. The normalized spacial score (nSPS) is 19.8. The summed E-state index contributed by atoms with van der Waals surface area (Å²) in [5.74, 6) is 0. The number of hydrogen-bond donors (Lipinski definition) is 3. The van der Waals surface area contributed by atoms with Crippen LogP contribution in [0.2, 0.25) is 0 Å². The number of rotatable bonds is 3.